The van der Waals surface area contributed by atoms with Crippen LogP contribution in [0, 0.1) is 13.8 Å². The lowest BCUT2D eigenvalue weighted by Crippen LogP contribution is -2.40. The molecule has 0 radical (unpaired) electrons. The molecule has 1 aromatic heterocycles. The van der Waals surface area contributed by atoms with Gasteiger partial charge in [-0.15, -0.1) is 0 Å². The summed E-state index contributed by atoms with van der Waals surface area (Å²) in [5, 5.41) is 9.65. The molecule has 0 bridgehead atoms. The Morgan fingerprint density at radius 2 is 2.00 bits per heavy atom. The molecule has 9 heteroatoms. The summed E-state index contributed by atoms with van der Waals surface area (Å²) in [6, 6.07) is 9.76. The van der Waals surface area contributed by atoms with Crippen LogP contribution in [-0.4, -0.2) is 35.6 Å². The minimum atomic E-state index is -1.10. The van der Waals surface area contributed by atoms with Gasteiger partial charge in [0.15, 0.2) is 5.96 Å². The summed E-state index contributed by atoms with van der Waals surface area (Å²) >= 11 is 0. The zero-order valence-electron chi connectivity index (χ0n) is 16.8. The van der Waals surface area contributed by atoms with Crippen LogP contribution >= 0.6 is 0 Å². The average Bonchev–Trinajstić information content (AvgIpc) is 2.72. The number of hydrogen-bond donors (Lipinski definition) is 5. The summed E-state index contributed by atoms with van der Waals surface area (Å²) in [4.78, 5) is 9.51. The van der Waals surface area contributed by atoms with E-state index < -0.39 is 11.0 Å². The second-order valence-electron chi connectivity index (χ2n) is 6.63. The molecular formula is C20H27N7OS. The van der Waals surface area contributed by atoms with Crippen LogP contribution in [0.5, 0.6) is 0 Å². The third-order valence-electron chi connectivity index (χ3n) is 4.70. The number of rotatable bonds is 7. The molecule has 2 atom stereocenters. The lowest BCUT2D eigenvalue weighted by atomic mass is 9.97. The van der Waals surface area contributed by atoms with Crippen LogP contribution in [0.25, 0.3) is 0 Å². The van der Waals surface area contributed by atoms with Crippen molar-refractivity contribution in [3.63, 3.8) is 0 Å². The molecule has 2 aromatic rings. The number of aryl methyl sites for hydroxylation is 1. The van der Waals surface area contributed by atoms with Crippen molar-refractivity contribution in [2.75, 3.05) is 25.5 Å². The van der Waals surface area contributed by atoms with Crippen molar-refractivity contribution in [2.45, 2.75) is 24.8 Å². The van der Waals surface area contributed by atoms with E-state index in [1.807, 2.05) is 24.3 Å². The predicted octanol–water partition coefficient (Wildman–Crippen LogP) is 2.46. The molecule has 29 heavy (non-hydrogen) atoms. The lowest BCUT2D eigenvalue weighted by Gasteiger charge is -2.23. The molecule has 154 valence electrons. The lowest BCUT2D eigenvalue weighted by molar-refractivity contribution is 0.647. The number of aliphatic imine (C=N–C) groups is 1. The second kappa shape index (κ2) is 9.53. The van der Waals surface area contributed by atoms with Crippen molar-refractivity contribution >= 4 is 22.7 Å². The normalized spacial score (nSPS) is 17.2. The summed E-state index contributed by atoms with van der Waals surface area (Å²) < 4.78 is 13.5. The Bertz CT molecular complexity index is 954. The SMILES string of the molecule is CN=S(O)c1ccc(NCCNC2=CC(c3cccc(C)c3C)N=C(N)N2)nc1. The van der Waals surface area contributed by atoms with E-state index in [1.165, 1.54) is 11.1 Å². The zero-order chi connectivity index (χ0) is 20.8. The van der Waals surface area contributed by atoms with Crippen molar-refractivity contribution in [1.29, 1.82) is 0 Å². The Labute approximate surface area is 173 Å². The van der Waals surface area contributed by atoms with E-state index in [0.29, 0.717) is 23.9 Å². The highest BCUT2D eigenvalue weighted by Gasteiger charge is 2.17. The summed E-state index contributed by atoms with van der Waals surface area (Å²) in [6.45, 7) is 5.54. The van der Waals surface area contributed by atoms with Crippen LogP contribution in [0.4, 0.5) is 5.82 Å². The van der Waals surface area contributed by atoms with E-state index in [2.05, 4.69) is 56.3 Å². The maximum atomic E-state index is 9.69. The largest absolute Gasteiger partial charge is 0.370 e. The summed E-state index contributed by atoms with van der Waals surface area (Å²) in [5.74, 6) is 1.97. The third kappa shape index (κ3) is 5.33. The van der Waals surface area contributed by atoms with Gasteiger partial charge < -0.3 is 26.2 Å². The van der Waals surface area contributed by atoms with E-state index >= 15 is 0 Å². The molecule has 1 aliphatic rings. The summed E-state index contributed by atoms with van der Waals surface area (Å²) in [6.07, 6.45) is 3.67. The van der Waals surface area contributed by atoms with Crippen LogP contribution < -0.4 is 21.7 Å². The van der Waals surface area contributed by atoms with Gasteiger partial charge >= 0.3 is 0 Å². The molecule has 0 saturated heterocycles. The number of hydrogen-bond acceptors (Lipinski definition) is 7. The van der Waals surface area contributed by atoms with Gasteiger partial charge in [0.05, 0.1) is 15.9 Å². The minimum Gasteiger partial charge on any atom is -0.370 e. The number of pyridine rings is 1. The minimum absolute atomic E-state index is 0.114. The van der Waals surface area contributed by atoms with Crippen molar-refractivity contribution < 1.29 is 4.55 Å². The first kappa shape index (κ1) is 20.8. The van der Waals surface area contributed by atoms with Crippen LogP contribution in [-0.2, 0) is 11.0 Å². The molecule has 6 N–H and O–H groups in total. The summed E-state index contributed by atoms with van der Waals surface area (Å²) in [7, 11) is 0.479. The van der Waals surface area contributed by atoms with Crippen LogP contribution in [0.2, 0.25) is 0 Å². The van der Waals surface area contributed by atoms with Gasteiger partial charge in [0, 0.05) is 26.3 Å². The van der Waals surface area contributed by atoms with Crippen molar-refractivity contribution in [3.05, 3.63) is 65.1 Å². The second-order valence-corrected chi connectivity index (χ2v) is 8.00. The zero-order valence-corrected chi connectivity index (χ0v) is 17.6. The summed E-state index contributed by atoms with van der Waals surface area (Å²) in [5.41, 5.74) is 9.61. The van der Waals surface area contributed by atoms with Crippen molar-refractivity contribution in [2.24, 2.45) is 15.1 Å². The Balaban J connectivity index is 1.56. The van der Waals surface area contributed by atoms with Crippen molar-refractivity contribution in [3.8, 4) is 0 Å². The molecule has 2 heterocycles. The first-order valence-corrected chi connectivity index (χ1v) is 10.5. The Hall–Kier alpha value is -2.91. The van der Waals surface area contributed by atoms with E-state index in [1.54, 1.807) is 13.2 Å². The number of benzene rings is 1. The molecule has 0 amide bonds. The van der Waals surface area contributed by atoms with E-state index in [0.717, 1.165) is 17.2 Å². The van der Waals surface area contributed by atoms with Gasteiger partial charge in [-0.3, -0.25) is 0 Å². The monoisotopic (exact) mass is 413 g/mol. The third-order valence-corrected chi connectivity index (χ3v) is 5.71. The van der Waals surface area contributed by atoms with Crippen LogP contribution in [0.3, 0.4) is 0 Å². The number of nitrogens with zero attached hydrogens (tertiary/aromatic N) is 3. The number of nitrogens with two attached hydrogens (primary N) is 1. The molecule has 1 aliphatic heterocycles. The molecule has 0 spiro atoms. The molecule has 0 saturated carbocycles. The fourth-order valence-corrected chi connectivity index (χ4v) is 3.55. The van der Waals surface area contributed by atoms with Gasteiger partial charge in [0.1, 0.15) is 17.7 Å². The standard InChI is InChI=1S/C20H27N7OS/c1-13-5-4-6-16(14(13)2)17-11-19(27-20(21)26-17)24-10-9-23-18-8-7-15(12-25-18)29(28)22-3/h4-8,11-12,17,24H,9-10H2,1-3H3,(H,22,28)(H,23,25)(H3,21,26,27). The van der Waals surface area contributed by atoms with Gasteiger partial charge in [-0.1, -0.05) is 18.2 Å². The van der Waals surface area contributed by atoms with Gasteiger partial charge in [-0.25, -0.2) is 14.3 Å². The molecule has 1 aromatic carbocycles. The van der Waals surface area contributed by atoms with Crippen LogP contribution in [0.1, 0.15) is 22.7 Å². The topological polar surface area (TPSA) is 120 Å². The number of aromatic nitrogens is 1. The number of nitrogens with one attached hydrogen (secondary N) is 3. The Kier molecular flexibility index (Phi) is 6.84. The molecule has 8 nitrogen and oxygen atoms in total. The maximum absolute atomic E-state index is 9.69. The maximum Gasteiger partial charge on any atom is 0.195 e. The van der Waals surface area contributed by atoms with E-state index in [4.69, 9.17) is 5.73 Å². The van der Waals surface area contributed by atoms with E-state index in [-0.39, 0.29) is 6.04 Å². The number of anilines is 1. The molecule has 0 fully saturated rings. The Morgan fingerprint density at radius 3 is 2.72 bits per heavy atom. The highest BCUT2D eigenvalue weighted by molar-refractivity contribution is 7.81. The average molecular weight is 414 g/mol. The van der Waals surface area contributed by atoms with Gasteiger partial charge in [0.2, 0.25) is 0 Å². The predicted molar refractivity (Wildman–Crippen MR) is 119 cm³/mol. The van der Waals surface area contributed by atoms with Gasteiger partial charge in [-0.2, -0.15) is 0 Å². The fraction of sp³-hybridized carbons (Fsp3) is 0.300. The molecule has 3 rings (SSSR count). The fourth-order valence-electron chi connectivity index (χ4n) is 3.00. The van der Waals surface area contributed by atoms with Crippen molar-refractivity contribution in [1.82, 2.24) is 15.6 Å². The Morgan fingerprint density at radius 1 is 1.21 bits per heavy atom. The molecule has 2 unspecified atom stereocenters. The highest BCUT2D eigenvalue weighted by Crippen LogP contribution is 2.26. The van der Waals surface area contributed by atoms with Gasteiger partial charge in [-0.05, 0) is 48.7 Å². The first-order chi connectivity index (χ1) is 14.0. The quantitative estimate of drug-likeness (QED) is 0.445. The van der Waals surface area contributed by atoms with Gasteiger partial charge in [0.25, 0.3) is 0 Å². The smallest absolute Gasteiger partial charge is 0.195 e. The first-order valence-electron chi connectivity index (χ1n) is 9.33. The molecular weight excluding hydrogens is 386 g/mol. The molecule has 0 aliphatic carbocycles. The van der Waals surface area contributed by atoms with E-state index in [9.17, 15) is 4.55 Å². The highest BCUT2D eigenvalue weighted by atomic mass is 32.2. The number of guanidine groups is 1. The van der Waals surface area contributed by atoms with Crippen LogP contribution in [0.15, 0.2) is 62.7 Å².